The predicted molar refractivity (Wildman–Crippen MR) is 79.0 cm³/mol. The fourth-order valence-electron chi connectivity index (χ4n) is 2.07. The average molecular weight is 258 g/mol. The minimum Gasteiger partial charge on any atom is -0.233 e. The van der Waals surface area contributed by atoms with Crippen molar-refractivity contribution in [3.05, 3.63) is 47.3 Å². The standard InChI is InChI=1S/C17H23N2/c1-12-7-8-14(13(2)11-12)16-18-15(17(3,4)5)9-10-19(16)6/h7-11H,1-6H3/q+1/i1D3. The third-order valence-electron chi connectivity index (χ3n) is 3.25. The van der Waals surface area contributed by atoms with Crippen LogP contribution in [0.25, 0.3) is 11.4 Å². The van der Waals surface area contributed by atoms with Crippen molar-refractivity contribution >= 4 is 0 Å². The van der Waals surface area contributed by atoms with Gasteiger partial charge < -0.3 is 0 Å². The van der Waals surface area contributed by atoms with Gasteiger partial charge in [0.05, 0.1) is 18.8 Å². The molecule has 0 saturated carbocycles. The van der Waals surface area contributed by atoms with Gasteiger partial charge >= 0.3 is 5.82 Å². The van der Waals surface area contributed by atoms with Crippen LogP contribution in [0.3, 0.4) is 0 Å². The minimum absolute atomic E-state index is 0.0322. The van der Waals surface area contributed by atoms with Crippen molar-refractivity contribution in [1.82, 2.24) is 4.98 Å². The van der Waals surface area contributed by atoms with Gasteiger partial charge in [0.15, 0.2) is 5.69 Å². The summed E-state index contributed by atoms with van der Waals surface area (Å²) in [5.41, 5.74) is 3.22. The van der Waals surface area contributed by atoms with Gasteiger partial charge in [0.25, 0.3) is 0 Å². The molecule has 2 nitrogen and oxygen atoms in total. The number of rotatable bonds is 1. The Morgan fingerprint density at radius 1 is 1.21 bits per heavy atom. The number of benzene rings is 1. The molecule has 0 aliphatic carbocycles. The van der Waals surface area contributed by atoms with Crippen molar-refractivity contribution in [3.63, 3.8) is 0 Å². The van der Waals surface area contributed by atoms with E-state index in [1.165, 1.54) is 0 Å². The molecule has 0 saturated heterocycles. The Labute approximate surface area is 120 Å². The summed E-state index contributed by atoms with van der Waals surface area (Å²) < 4.78 is 24.5. The third kappa shape index (κ3) is 2.83. The molecule has 0 bridgehead atoms. The first-order chi connectivity index (χ1) is 10.00. The second-order valence-electron chi connectivity index (χ2n) is 6.03. The van der Waals surface area contributed by atoms with Gasteiger partial charge in [-0.15, -0.1) is 0 Å². The molecular weight excluding hydrogens is 232 g/mol. The molecule has 100 valence electrons. The smallest absolute Gasteiger partial charge is 0.233 e. The number of hydrogen-bond acceptors (Lipinski definition) is 1. The van der Waals surface area contributed by atoms with Crippen LogP contribution >= 0.6 is 0 Å². The van der Waals surface area contributed by atoms with Crippen molar-refractivity contribution < 1.29 is 8.68 Å². The van der Waals surface area contributed by atoms with E-state index >= 15 is 0 Å². The lowest BCUT2D eigenvalue weighted by Gasteiger charge is -2.14. The van der Waals surface area contributed by atoms with Crippen molar-refractivity contribution in [2.45, 2.75) is 40.0 Å². The van der Waals surface area contributed by atoms with Crippen LogP contribution in [0, 0.1) is 13.8 Å². The zero-order valence-electron chi connectivity index (χ0n) is 15.3. The molecule has 0 aliphatic rings. The minimum atomic E-state index is -2.08. The molecule has 2 rings (SSSR count). The fraction of sp³-hybridized carbons (Fsp3) is 0.412. The highest BCUT2D eigenvalue weighted by Gasteiger charge is 2.24. The van der Waals surface area contributed by atoms with Crippen LogP contribution < -0.4 is 4.57 Å². The SMILES string of the molecule is [2H]C([2H])([2H])c1ccc(-c2nc(C(C)(C)C)cc[n+]2C)c(C)c1. The van der Waals surface area contributed by atoms with E-state index in [0.29, 0.717) is 5.56 Å². The van der Waals surface area contributed by atoms with Gasteiger partial charge in [-0.3, -0.25) is 0 Å². The van der Waals surface area contributed by atoms with Gasteiger partial charge in [-0.2, -0.15) is 0 Å². The summed E-state index contributed by atoms with van der Waals surface area (Å²) in [6.45, 7) is 6.24. The molecule has 0 amide bonds. The lowest BCUT2D eigenvalue weighted by molar-refractivity contribution is -0.663. The van der Waals surface area contributed by atoms with E-state index < -0.39 is 6.85 Å². The highest BCUT2D eigenvalue weighted by atomic mass is 15.0. The lowest BCUT2D eigenvalue weighted by Crippen LogP contribution is -2.33. The Balaban J connectivity index is 2.57. The van der Waals surface area contributed by atoms with Crippen molar-refractivity contribution in [3.8, 4) is 11.4 Å². The molecule has 19 heavy (non-hydrogen) atoms. The van der Waals surface area contributed by atoms with Crippen molar-refractivity contribution in [2.75, 3.05) is 0 Å². The van der Waals surface area contributed by atoms with Gasteiger partial charge in [-0.25, -0.2) is 4.57 Å². The highest BCUT2D eigenvalue weighted by Crippen LogP contribution is 2.24. The maximum Gasteiger partial charge on any atom is 0.330 e. The van der Waals surface area contributed by atoms with E-state index in [2.05, 4.69) is 20.8 Å². The summed E-state index contributed by atoms with van der Waals surface area (Å²) >= 11 is 0. The summed E-state index contributed by atoms with van der Waals surface area (Å²) in [7, 11) is 1.95. The van der Waals surface area contributed by atoms with E-state index in [4.69, 9.17) is 9.10 Å². The first-order valence-electron chi connectivity index (χ1n) is 7.99. The van der Waals surface area contributed by atoms with Gasteiger partial charge in [0.2, 0.25) is 0 Å². The Morgan fingerprint density at radius 3 is 2.53 bits per heavy atom. The normalized spacial score (nSPS) is 14.7. The molecule has 0 unspecified atom stereocenters. The zero-order chi connectivity index (χ0) is 16.7. The Kier molecular flexibility index (Phi) is 2.54. The molecule has 0 aliphatic heterocycles. The second kappa shape index (κ2) is 4.76. The molecule has 1 aromatic heterocycles. The first-order valence-corrected chi connectivity index (χ1v) is 6.49. The Morgan fingerprint density at radius 2 is 1.95 bits per heavy atom. The van der Waals surface area contributed by atoms with Crippen molar-refractivity contribution in [2.24, 2.45) is 7.05 Å². The quantitative estimate of drug-likeness (QED) is 0.716. The van der Waals surface area contributed by atoms with Crippen molar-refractivity contribution in [1.29, 1.82) is 0 Å². The molecule has 2 heteroatoms. The average Bonchev–Trinajstić information content (AvgIpc) is 2.37. The summed E-state index contributed by atoms with van der Waals surface area (Å²) in [6.07, 6.45) is 2.00. The summed E-state index contributed by atoms with van der Waals surface area (Å²) in [6, 6.07) is 7.27. The van der Waals surface area contributed by atoms with E-state index in [-0.39, 0.29) is 5.41 Å². The lowest BCUT2D eigenvalue weighted by atomic mass is 9.92. The van der Waals surface area contributed by atoms with E-state index in [9.17, 15) is 0 Å². The first kappa shape index (κ1) is 10.1. The highest BCUT2D eigenvalue weighted by molar-refractivity contribution is 5.58. The molecule has 1 aromatic carbocycles. The molecule has 0 radical (unpaired) electrons. The van der Waals surface area contributed by atoms with Gasteiger partial charge in [-0.1, -0.05) is 38.5 Å². The molecule has 0 spiro atoms. The van der Waals surface area contributed by atoms with Crippen LogP contribution in [0.2, 0.25) is 0 Å². The van der Waals surface area contributed by atoms with E-state index in [1.807, 2.05) is 36.9 Å². The maximum absolute atomic E-state index is 7.52. The largest absolute Gasteiger partial charge is 0.330 e. The van der Waals surface area contributed by atoms with Crippen LogP contribution in [0.5, 0.6) is 0 Å². The molecule has 1 heterocycles. The van der Waals surface area contributed by atoms with Crippen LogP contribution in [-0.2, 0) is 12.5 Å². The third-order valence-corrected chi connectivity index (χ3v) is 3.25. The predicted octanol–water partition coefficient (Wildman–Crippen LogP) is 3.49. The fourth-order valence-corrected chi connectivity index (χ4v) is 2.07. The Hall–Kier alpha value is -1.70. The van der Waals surface area contributed by atoms with E-state index in [1.54, 1.807) is 12.1 Å². The van der Waals surface area contributed by atoms with Gasteiger partial charge in [-0.05, 0) is 30.4 Å². The zero-order valence-corrected chi connectivity index (χ0v) is 12.3. The molecule has 0 fully saturated rings. The topological polar surface area (TPSA) is 16.8 Å². The molecule has 2 aromatic rings. The summed E-state index contributed by atoms with van der Waals surface area (Å²) in [4.78, 5) is 4.79. The number of aromatic nitrogens is 2. The summed E-state index contributed by atoms with van der Waals surface area (Å²) in [5.74, 6) is 0.849. The van der Waals surface area contributed by atoms with Crippen LogP contribution in [0.1, 0.15) is 41.7 Å². The van der Waals surface area contributed by atoms with E-state index in [0.717, 1.165) is 22.6 Å². The monoisotopic (exact) mass is 258 g/mol. The van der Waals surface area contributed by atoms with Crippen LogP contribution in [0.15, 0.2) is 30.5 Å². The molecule has 0 atom stereocenters. The summed E-state index contributed by atoms with van der Waals surface area (Å²) in [5, 5.41) is 0. The maximum atomic E-state index is 7.52. The van der Waals surface area contributed by atoms with Crippen LogP contribution in [0.4, 0.5) is 0 Å². The Bertz CT molecular complexity index is 698. The molecule has 0 N–H and O–H groups in total. The van der Waals surface area contributed by atoms with Gasteiger partial charge in [0.1, 0.15) is 0 Å². The number of hydrogen-bond donors (Lipinski definition) is 0. The van der Waals surface area contributed by atoms with Gasteiger partial charge in [0, 0.05) is 15.6 Å². The number of nitrogens with zero attached hydrogens (tertiary/aromatic N) is 2. The number of aryl methyl sites for hydroxylation is 3. The van der Waals surface area contributed by atoms with Crippen LogP contribution in [-0.4, -0.2) is 4.98 Å². The second-order valence-corrected chi connectivity index (χ2v) is 6.03. The molecular formula is C17H23N2+.